The number of hydrogen-bond acceptors (Lipinski definition) is 7. The minimum atomic E-state index is -0.682. The van der Waals surface area contributed by atoms with Crippen LogP contribution in [0.3, 0.4) is 0 Å². The number of carbonyl (C=O) groups is 1. The zero-order valence-corrected chi connectivity index (χ0v) is 21.4. The van der Waals surface area contributed by atoms with Crippen molar-refractivity contribution in [2.45, 2.75) is 33.4 Å². The van der Waals surface area contributed by atoms with Gasteiger partial charge in [0.05, 0.1) is 30.2 Å². The zero-order valence-electron chi connectivity index (χ0n) is 21.4. The average Bonchev–Trinajstić information content (AvgIpc) is 3.49. The van der Waals surface area contributed by atoms with Gasteiger partial charge in [0.15, 0.2) is 28.4 Å². The van der Waals surface area contributed by atoms with Crippen LogP contribution in [0.5, 0.6) is 23.0 Å². The molecule has 0 bridgehead atoms. The fraction of sp³-hybridized carbons (Fsp3) is 0.267. The molecule has 1 amide bonds. The summed E-state index contributed by atoms with van der Waals surface area (Å²) in [6.45, 7) is 7.03. The van der Waals surface area contributed by atoms with Crippen molar-refractivity contribution >= 4 is 16.9 Å². The summed E-state index contributed by atoms with van der Waals surface area (Å²) in [5.41, 5.74) is 2.98. The van der Waals surface area contributed by atoms with E-state index in [9.17, 15) is 9.59 Å². The lowest BCUT2D eigenvalue weighted by molar-refractivity contribution is 0.0714. The topological polar surface area (TPSA) is 87.4 Å². The van der Waals surface area contributed by atoms with E-state index < -0.39 is 6.04 Å². The standard InChI is InChI=1S/C30H27NO7/c1-4-34-22-11-8-19(14-25(22)35-5-2)27-26-28(32)20-12-17(3)6-9-21(20)38-29(26)30(33)31(27)15-18-7-10-23-24(13-18)37-16-36-23/h6-14,27H,4-5,15-16H2,1-3H3/t27-/m0/s1. The number of fused-ring (bicyclic) bond motifs is 3. The van der Waals surface area contributed by atoms with Gasteiger partial charge in [-0.1, -0.05) is 23.8 Å². The van der Waals surface area contributed by atoms with Gasteiger partial charge in [0.25, 0.3) is 5.91 Å². The molecule has 38 heavy (non-hydrogen) atoms. The molecule has 0 saturated heterocycles. The highest BCUT2D eigenvalue weighted by Gasteiger charge is 2.43. The molecule has 6 rings (SSSR count). The maximum atomic E-state index is 13.9. The summed E-state index contributed by atoms with van der Waals surface area (Å²) in [7, 11) is 0. The molecule has 3 aromatic carbocycles. The fourth-order valence-electron chi connectivity index (χ4n) is 5.12. The molecule has 0 aliphatic carbocycles. The van der Waals surface area contributed by atoms with E-state index in [4.69, 9.17) is 23.4 Å². The Morgan fingerprint density at radius 1 is 0.895 bits per heavy atom. The molecule has 2 aliphatic heterocycles. The van der Waals surface area contributed by atoms with Crippen LogP contribution in [0, 0.1) is 6.92 Å². The maximum absolute atomic E-state index is 13.9. The average molecular weight is 514 g/mol. The molecule has 8 nitrogen and oxygen atoms in total. The third kappa shape index (κ3) is 3.93. The molecule has 194 valence electrons. The normalized spacial score (nSPS) is 15.7. The summed E-state index contributed by atoms with van der Waals surface area (Å²) in [6, 6.07) is 15.8. The lowest BCUT2D eigenvalue weighted by atomic mass is 9.97. The van der Waals surface area contributed by atoms with Crippen LogP contribution in [-0.2, 0) is 6.54 Å². The number of nitrogens with zero attached hydrogens (tertiary/aromatic N) is 1. The van der Waals surface area contributed by atoms with Gasteiger partial charge in [-0.2, -0.15) is 0 Å². The predicted molar refractivity (Wildman–Crippen MR) is 140 cm³/mol. The van der Waals surface area contributed by atoms with Crippen LogP contribution < -0.4 is 24.4 Å². The molecule has 0 unspecified atom stereocenters. The second kappa shape index (κ2) is 9.45. The molecule has 1 atom stereocenters. The van der Waals surface area contributed by atoms with Crippen molar-refractivity contribution in [1.29, 1.82) is 0 Å². The zero-order chi connectivity index (χ0) is 26.4. The molecule has 2 aliphatic rings. The smallest absolute Gasteiger partial charge is 0.291 e. The van der Waals surface area contributed by atoms with E-state index in [0.29, 0.717) is 52.7 Å². The highest BCUT2D eigenvalue weighted by Crippen LogP contribution is 2.42. The molecule has 0 spiro atoms. The molecule has 0 fully saturated rings. The number of aryl methyl sites for hydroxylation is 1. The van der Waals surface area contributed by atoms with Crippen molar-refractivity contribution < 1.29 is 28.2 Å². The summed E-state index contributed by atoms with van der Waals surface area (Å²) in [5.74, 6) is 2.15. The Labute approximate surface area is 219 Å². The van der Waals surface area contributed by atoms with Gasteiger partial charge in [-0.3, -0.25) is 9.59 Å². The summed E-state index contributed by atoms with van der Waals surface area (Å²) in [6.07, 6.45) is 0. The van der Waals surface area contributed by atoms with E-state index in [1.165, 1.54) is 0 Å². The molecule has 0 N–H and O–H groups in total. The first-order chi connectivity index (χ1) is 18.5. The Kier molecular flexibility index (Phi) is 5.94. The second-order valence-electron chi connectivity index (χ2n) is 9.27. The SMILES string of the molecule is CCOc1ccc([C@H]2c3c(oc4ccc(C)cc4c3=O)C(=O)N2Cc2ccc3c(c2)OCO3)cc1OCC. The molecule has 8 heteroatoms. The quantitative estimate of drug-likeness (QED) is 0.328. The van der Waals surface area contributed by atoms with E-state index in [1.54, 1.807) is 17.0 Å². The predicted octanol–water partition coefficient (Wildman–Crippen LogP) is 5.37. The monoisotopic (exact) mass is 513 g/mol. The minimum absolute atomic E-state index is 0.0592. The Morgan fingerprint density at radius 3 is 2.50 bits per heavy atom. The van der Waals surface area contributed by atoms with Crippen molar-refractivity contribution in [2.75, 3.05) is 20.0 Å². The van der Waals surface area contributed by atoms with Gasteiger partial charge >= 0.3 is 0 Å². The highest BCUT2D eigenvalue weighted by molar-refractivity contribution is 5.99. The first-order valence-corrected chi connectivity index (χ1v) is 12.6. The van der Waals surface area contributed by atoms with Crippen LogP contribution in [0.2, 0.25) is 0 Å². The first kappa shape index (κ1) is 23.9. The lowest BCUT2D eigenvalue weighted by Crippen LogP contribution is -2.29. The van der Waals surface area contributed by atoms with E-state index in [-0.39, 0.29) is 30.4 Å². The number of benzene rings is 3. The van der Waals surface area contributed by atoms with Crippen LogP contribution in [0.15, 0.2) is 63.8 Å². The van der Waals surface area contributed by atoms with Gasteiger partial charge in [0, 0.05) is 6.54 Å². The van der Waals surface area contributed by atoms with Crippen molar-refractivity contribution in [2.24, 2.45) is 0 Å². The number of rotatable bonds is 7. The number of carbonyl (C=O) groups excluding carboxylic acids is 1. The van der Waals surface area contributed by atoms with Crippen molar-refractivity contribution in [3.05, 3.63) is 92.8 Å². The molecule has 0 radical (unpaired) electrons. The third-order valence-electron chi connectivity index (χ3n) is 6.79. The van der Waals surface area contributed by atoms with Crippen molar-refractivity contribution in [3.8, 4) is 23.0 Å². The van der Waals surface area contributed by atoms with Gasteiger partial charge in [-0.25, -0.2) is 0 Å². The van der Waals surface area contributed by atoms with Crippen LogP contribution in [0.4, 0.5) is 0 Å². The number of ether oxygens (including phenoxy) is 4. The highest BCUT2D eigenvalue weighted by atomic mass is 16.7. The van der Waals surface area contributed by atoms with Gasteiger partial charge < -0.3 is 28.3 Å². The Bertz CT molecular complexity index is 1620. The largest absolute Gasteiger partial charge is 0.490 e. The summed E-state index contributed by atoms with van der Waals surface area (Å²) < 4.78 is 28.7. The molecular weight excluding hydrogens is 486 g/mol. The van der Waals surface area contributed by atoms with E-state index >= 15 is 0 Å². The molecule has 1 aromatic heterocycles. The van der Waals surface area contributed by atoms with Crippen molar-refractivity contribution in [3.63, 3.8) is 0 Å². The van der Waals surface area contributed by atoms with E-state index in [2.05, 4.69) is 0 Å². The van der Waals surface area contributed by atoms with Gasteiger partial charge in [-0.05, 0) is 68.3 Å². The Morgan fingerprint density at radius 2 is 1.68 bits per heavy atom. The molecule has 4 aromatic rings. The first-order valence-electron chi connectivity index (χ1n) is 12.6. The van der Waals surface area contributed by atoms with Crippen LogP contribution in [0.25, 0.3) is 11.0 Å². The Balaban J connectivity index is 1.52. The van der Waals surface area contributed by atoms with Crippen LogP contribution in [-0.4, -0.2) is 30.8 Å². The van der Waals surface area contributed by atoms with E-state index in [1.807, 2.05) is 63.2 Å². The van der Waals surface area contributed by atoms with Gasteiger partial charge in [0.1, 0.15) is 5.58 Å². The summed E-state index contributed by atoms with van der Waals surface area (Å²) in [4.78, 5) is 29.4. The number of amides is 1. The summed E-state index contributed by atoms with van der Waals surface area (Å²) >= 11 is 0. The lowest BCUT2D eigenvalue weighted by Gasteiger charge is -2.26. The van der Waals surface area contributed by atoms with Crippen molar-refractivity contribution in [1.82, 2.24) is 4.90 Å². The molecular formula is C30H27NO7. The van der Waals surface area contributed by atoms with Gasteiger partial charge in [-0.15, -0.1) is 0 Å². The fourth-order valence-corrected chi connectivity index (χ4v) is 5.12. The van der Waals surface area contributed by atoms with E-state index in [0.717, 1.165) is 16.7 Å². The number of hydrogen-bond donors (Lipinski definition) is 0. The minimum Gasteiger partial charge on any atom is -0.490 e. The second-order valence-corrected chi connectivity index (χ2v) is 9.27. The Hall–Kier alpha value is -4.46. The van der Waals surface area contributed by atoms with Crippen LogP contribution in [0.1, 0.15) is 52.7 Å². The van der Waals surface area contributed by atoms with Crippen LogP contribution >= 0.6 is 0 Å². The summed E-state index contributed by atoms with van der Waals surface area (Å²) in [5, 5.41) is 0.447. The van der Waals surface area contributed by atoms with Gasteiger partial charge in [0.2, 0.25) is 12.6 Å². The third-order valence-corrected chi connectivity index (χ3v) is 6.79. The maximum Gasteiger partial charge on any atom is 0.291 e. The molecule has 3 heterocycles. The molecule has 0 saturated carbocycles.